The van der Waals surface area contributed by atoms with Gasteiger partial charge in [0.25, 0.3) is 0 Å². The molecule has 0 atom stereocenters. The zero-order valence-corrected chi connectivity index (χ0v) is 15.8. The molecule has 7 nitrogen and oxygen atoms in total. The van der Waals surface area contributed by atoms with Crippen molar-refractivity contribution in [3.8, 4) is 5.75 Å². The van der Waals surface area contributed by atoms with Gasteiger partial charge in [-0.25, -0.2) is 0 Å². The molecule has 2 rings (SSSR count). The Morgan fingerprint density at radius 3 is 2.44 bits per heavy atom. The number of H-pyrrole nitrogens is 1. The summed E-state index contributed by atoms with van der Waals surface area (Å²) in [7, 11) is 0. The fourth-order valence-corrected chi connectivity index (χ4v) is 2.77. The summed E-state index contributed by atoms with van der Waals surface area (Å²) in [4.78, 5) is 37.1. The number of aromatic nitrogens is 1. The van der Waals surface area contributed by atoms with E-state index in [4.69, 9.17) is 4.74 Å². The second-order valence-electron chi connectivity index (χ2n) is 7.62. The highest BCUT2D eigenvalue weighted by Gasteiger charge is 2.26. The molecule has 7 heteroatoms. The number of nitrogens with one attached hydrogen (secondary N) is 1. The number of carbonyl (C=O) groups excluding carboxylic acids is 1. The molecule has 144 valence electrons. The third-order valence-corrected chi connectivity index (χ3v) is 3.95. The number of hydrogen-bond donors (Lipinski definition) is 1. The Morgan fingerprint density at radius 1 is 1.19 bits per heavy atom. The molecule has 0 saturated heterocycles. The van der Waals surface area contributed by atoms with Crippen LogP contribution in [0.4, 0.5) is 5.69 Å². The topological polar surface area (TPSA) is 102 Å². The molecular formula is C20H24N2O5. The minimum absolute atomic E-state index is 0.0450. The highest BCUT2D eigenvalue weighted by molar-refractivity contribution is 5.73. The minimum Gasteiger partial charge on any atom is -0.424 e. The lowest BCUT2D eigenvalue weighted by Gasteiger charge is -2.17. The number of ether oxygens (including phenoxy) is 1. The van der Waals surface area contributed by atoms with Crippen LogP contribution in [0.1, 0.15) is 44.7 Å². The van der Waals surface area contributed by atoms with Crippen molar-refractivity contribution in [3.05, 3.63) is 68.1 Å². The standard InChI is InChI=1S/C20H24N2O5/c1-20(2,3)12-17(23)27-16-13-21-19(24)18(22(25)26)15(16)11-7-10-14-8-5-4-6-9-14/h4-6,8-9,13H,7,10-12H2,1-3H3,(H,21,24). The molecule has 0 spiro atoms. The van der Waals surface area contributed by atoms with Gasteiger partial charge in [0.05, 0.1) is 16.9 Å². The number of rotatable bonds is 7. The lowest BCUT2D eigenvalue weighted by Crippen LogP contribution is -2.21. The molecule has 1 aromatic carbocycles. The van der Waals surface area contributed by atoms with Crippen LogP contribution in [-0.2, 0) is 17.6 Å². The average Bonchev–Trinajstić information content (AvgIpc) is 2.56. The summed E-state index contributed by atoms with van der Waals surface area (Å²) in [5.41, 5.74) is -0.397. The smallest absolute Gasteiger partial charge is 0.340 e. The summed E-state index contributed by atoms with van der Waals surface area (Å²) in [6, 6.07) is 9.69. The molecule has 2 aromatic rings. The normalized spacial score (nSPS) is 11.2. The van der Waals surface area contributed by atoms with Crippen LogP contribution in [0, 0.1) is 15.5 Å². The average molecular weight is 372 g/mol. The molecule has 0 radical (unpaired) electrons. The lowest BCUT2D eigenvalue weighted by atomic mass is 9.92. The van der Waals surface area contributed by atoms with Crippen molar-refractivity contribution in [3.63, 3.8) is 0 Å². The molecule has 0 bridgehead atoms. The summed E-state index contributed by atoms with van der Waals surface area (Å²) in [5, 5.41) is 11.4. The number of carbonyl (C=O) groups is 1. The Hall–Kier alpha value is -2.96. The van der Waals surface area contributed by atoms with Crippen molar-refractivity contribution in [2.75, 3.05) is 0 Å². The van der Waals surface area contributed by atoms with Crippen molar-refractivity contribution in [1.29, 1.82) is 0 Å². The molecule has 0 amide bonds. The Morgan fingerprint density at radius 2 is 1.85 bits per heavy atom. The number of nitrogens with zero attached hydrogens (tertiary/aromatic N) is 1. The molecule has 27 heavy (non-hydrogen) atoms. The maximum Gasteiger partial charge on any atom is 0.340 e. The van der Waals surface area contributed by atoms with Gasteiger partial charge in [0.1, 0.15) is 0 Å². The first-order valence-electron chi connectivity index (χ1n) is 8.81. The Labute approximate surface area is 157 Å². The van der Waals surface area contributed by atoms with Crippen molar-refractivity contribution in [1.82, 2.24) is 4.98 Å². The highest BCUT2D eigenvalue weighted by Crippen LogP contribution is 2.28. The Balaban J connectivity index is 2.25. The largest absolute Gasteiger partial charge is 0.424 e. The number of aryl methyl sites for hydroxylation is 1. The number of nitro groups is 1. The van der Waals surface area contributed by atoms with Crippen LogP contribution in [0.15, 0.2) is 41.3 Å². The fraction of sp³-hybridized carbons (Fsp3) is 0.400. The number of esters is 1. The van der Waals surface area contributed by atoms with Crippen LogP contribution in [0.25, 0.3) is 0 Å². The van der Waals surface area contributed by atoms with E-state index in [-0.39, 0.29) is 29.6 Å². The van der Waals surface area contributed by atoms with Crippen LogP contribution in [-0.4, -0.2) is 15.9 Å². The van der Waals surface area contributed by atoms with Gasteiger partial charge in [0.2, 0.25) is 0 Å². The van der Waals surface area contributed by atoms with Gasteiger partial charge in [-0.05, 0) is 30.2 Å². The van der Waals surface area contributed by atoms with Gasteiger partial charge in [0.15, 0.2) is 5.75 Å². The number of hydrogen-bond acceptors (Lipinski definition) is 5. The highest BCUT2D eigenvalue weighted by atomic mass is 16.6. The van der Waals surface area contributed by atoms with Gasteiger partial charge in [-0.1, -0.05) is 51.1 Å². The van der Waals surface area contributed by atoms with Crippen LogP contribution >= 0.6 is 0 Å². The molecule has 0 saturated carbocycles. The number of pyridine rings is 1. The molecular weight excluding hydrogens is 348 g/mol. The monoisotopic (exact) mass is 372 g/mol. The van der Waals surface area contributed by atoms with E-state index in [2.05, 4.69) is 4.98 Å². The number of benzene rings is 1. The van der Waals surface area contributed by atoms with Gasteiger partial charge in [-0.2, -0.15) is 0 Å². The second-order valence-corrected chi connectivity index (χ2v) is 7.62. The van der Waals surface area contributed by atoms with Crippen LogP contribution in [0.5, 0.6) is 5.75 Å². The molecule has 1 heterocycles. The van der Waals surface area contributed by atoms with Gasteiger partial charge < -0.3 is 9.72 Å². The van der Waals surface area contributed by atoms with Crippen LogP contribution < -0.4 is 10.3 Å². The molecule has 0 aliphatic rings. The first-order chi connectivity index (χ1) is 12.7. The summed E-state index contributed by atoms with van der Waals surface area (Å²) in [6.45, 7) is 5.68. The predicted molar refractivity (Wildman–Crippen MR) is 102 cm³/mol. The first-order valence-corrected chi connectivity index (χ1v) is 8.81. The van der Waals surface area contributed by atoms with E-state index in [0.717, 1.165) is 5.56 Å². The maximum atomic E-state index is 12.2. The SMILES string of the molecule is CC(C)(C)CC(=O)Oc1c[nH]c(=O)c([N+](=O)[O-])c1CCCc1ccccc1. The van der Waals surface area contributed by atoms with E-state index in [1.807, 2.05) is 51.1 Å². The van der Waals surface area contributed by atoms with E-state index in [1.165, 1.54) is 6.20 Å². The zero-order chi connectivity index (χ0) is 20.0. The summed E-state index contributed by atoms with van der Waals surface area (Å²) >= 11 is 0. The Kier molecular flexibility index (Phi) is 6.50. The maximum absolute atomic E-state index is 12.2. The van der Waals surface area contributed by atoms with Crippen molar-refractivity contribution < 1.29 is 14.5 Å². The number of aromatic amines is 1. The Bertz CT molecular complexity index is 866. The quantitative estimate of drug-likeness (QED) is 0.452. The molecule has 0 aliphatic heterocycles. The lowest BCUT2D eigenvalue weighted by molar-refractivity contribution is -0.387. The fourth-order valence-electron chi connectivity index (χ4n) is 2.77. The van der Waals surface area contributed by atoms with Gasteiger partial charge >= 0.3 is 17.2 Å². The van der Waals surface area contributed by atoms with E-state index in [0.29, 0.717) is 12.8 Å². The predicted octanol–water partition coefficient (Wildman–Crippen LogP) is 3.80. The van der Waals surface area contributed by atoms with Crippen molar-refractivity contribution >= 4 is 11.7 Å². The van der Waals surface area contributed by atoms with E-state index in [9.17, 15) is 19.7 Å². The second kappa shape index (κ2) is 8.62. The molecule has 1 aromatic heterocycles. The first kappa shape index (κ1) is 20.4. The van der Waals surface area contributed by atoms with Crippen molar-refractivity contribution in [2.45, 2.75) is 46.5 Å². The zero-order valence-electron chi connectivity index (χ0n) is 15.8. The van der Waals surface area contributed by atoms with E-state index >= 15 is 0 Å². The molecule has 0 fully saturated rings. The van der Waals surface area contributed by atoms with Crippen molar-refractivity contribution in [2.24, 2.45) is 5.41 Å². The van der Waals surface area contributed by atoms with E-state index in [1.54, 1.807) is 0 Å². The summed E-state index contributed by atoms with van der Waals surface area (Å²) in [5.74, 6) is -0.447. The minimum atomic E-state index is -0.801. The van der Waals surface area contributed by atoms with Crippen LogP contribution in [0.3, 0.4) is 0 Å². The molecule has 0 unspecified atom stereocenters. The third-order valence-electron chi connectivity index (χ3n) is 3.95. The summed E-state index contributed by atoms with van der Waals surface area (Å²) in [6.07, 6.45) is 2.92. The van der Waals surface area contributed by atoms with Gasteiger partial charge in [-0.3, -0.25) is 19.7 Å². The van der Waals surface area contributed by atoms with Gasteiger partial charge in [0, 0.05) is 6.20 Å². The third kappa shape index (κ3) is 6.06. The summed E-state index contributed by atoms with van der Waals surface area (Å²) < 4.78 is 5.36. The van der Waals surface area contributed by atoms with E-state index < -0.39 is 22.1 Å². The molecule has 0 aliphatic carbocycles. The molecule has 1 N–H and O–H groups in total. The van der Waals surface area contributed by atoms with Gasteiger partial charge in [-0.15, -0.1) is 0 Å². The van der Waals surface area contributed by atoms with Crippen LogP contribution in [0.2, 0.25) is 0 Å².